The fourth-order valence-corrected chi connectivity index (χ4v) is 10.2. The van der Waals surface area contributed by atoms with E-state index >= 15 is 0 Å². The first-order valence-electron chi connectivity index (χ1n) is 7.14. The van der Waals surface area contributed by atoms with Crippen LogP contribution in [0.3, 0.4) is 0 Å². The monoisotopic (exact) mass is 404 g/mol. The molecule has 0 spiro atoms. The molecule has 2 aliphatic carbocycles. The summed E-state index contributed by atoms with van der Waals surface area (Å²) < 4.78 is 13.1. The van der Waals surface area contributed by atoms with E-state index in [4.69, 9.17) is 6.20 Å². The molecule has 4 nitrogen and oxygen atoms in total. The molecule has 0 aromatic carbocycles. The summed E-state index contributed by atoms with van der Waals surface area (Å²) in [6.07, 6.45) is 16.5. The Kier molecular flexibility index (Phi) is 4.32. The number of rotatable bonds is 4. The minimum absolute atomic E-state index is 0.270. The average Bonchev–Trinajstić information content (AvgIpc) is 3.22. The van der Waals surface area contributed by atoms with Gasteiger partial charge in [-0.1, -0.05) is 0 Å². The summed E-state index contributed by atoms with van der Waals surface area (Å²) in [5.41, 5.74) is 0. The van der Waals surface area contributed by atoms with E-state index in [2.05, 4.69) is 0 Å². The number of carbonyl (C=O) groups excluding carboxylic acids is 2. The molecule has 0 radical (unpaired) electrons. The Morgan fingerprint density at radius 1 is 0.762 bits per heavy atom. The Hall–Kier alpha value is -1.31. The van der Waals surface area contributed by atoms with Gasteiger partial charge in [0.05, 0.1) is 0 Å². The van der Waals surface area contributed by atoms with Gasteiger partial charge in [-0.3, -0.25) is 0 Å². The van der Waals surface area contributed by atoms with Crippen LogP contribution in [-0.4, -0.2) is 30.9 Å². The quantitative estimate of drug-likeness (QED) is 0.680. The third kappa shape index (κ3) is 3.30. The van der Waals surface area contributed by atoms with Crippen LogP contribution in [0.15, 0.2) is 48.6 Å². The first-order valence-corrected chi connectivity index (χ1v) is 12.3. The van der Waals surface area contributed by atoms with Crippen LogP contribution in [0.2, 0.25) is 8.94 Å². The van der Waals surface area contributed by atoms with Gasteiger partial charge in [-0.15, -0.1) is 0 Å². The van der Waals surface area contributed by atoms with Crippen molar-refractivity contribution in [3.8, 4) is 0 Å². The van der Waals surface area contributed by atoms with Gasteiger partial charge in [-0.25, -0.2) is 0 Å². The summed E-state index contributed by atoms with van der Waals surface area (Å²) in [5, 5.41) is 0. The molecular weight excluding hydrogens is 384 g/mol. The molecule has 21 heavy (non-hydrogen) atoms. The SMILES string of the molecule is O=C(O[Te]1(OC(=O)C2C=CC=C2)CCCC1)C1C=CC=C1. The van der Waals surface area contributed by atoms with Gasteiger partial charge in [0.2, 0.25) is 0 Å². The van der Waals surface area contributed by atoms with Crippen molar-refractivity contribution >= 4 is 30.9 Å². The molecule has 3 aliphatic rings. The van der Waals surface area contributed by atoms with Gasteiger partial charge >= 0.3 is 129 Å². The van der Waals surface area contributed by atoms with E-state index in [1.165, 1.54) is 0 Å². The third-order valence-corrected chi connectivity index (χ3v) is 11.5. The van der Waals surface area contributed by atoms with Crippen LogP contribution in [0, 0.1) is 11.8 Å². The third-order valence-electron chi connectivity index (χ3n) is 3.67. The summed E-state index contributed by atoms with van der Waals surface area (Å²) in [7, 11) is 0. The predicted molar refractivity (Wildman–Crippen MR) is 80.3 cm³/mol. The van der Waals surface area contributed by atoms with Crippen molar-refractivity contribution in [2.45, 2.75) is 21.8 Å². The Morgan fingerprint density at radius 3 is 1.52 bits per heavy atom. The normalized spacial score (nSPS) is 24.6. The van der Waals surface area contributed by atoms with Crippen molar-refractivity contribution in [2.75, 3.05) is 0 Å². The summed E-state index contributed by atoms with van der Waals surface area (Å²) in [5.74, 6) is -1.18. The molecule has 0 bridgehead atoms. The molecule has 3 rings (SSSR count). The summed E-state index contributed by atoms with van der Waals surface area (Å²) >= 11 is -3.33. The molecule has 0 aromatic rings. The van der Waals surface area contributed by atoms with Crippen molar-refractivity contribution in [1.82, 2.24) is 0 Å². The van der Waals surface area contributed by atoms with Gasteiger partial charge in [-0.2, -0.15) is 0 Å². The summed E-state index contributed by atoms with van der Waals surface area (Å²) in [6.45, 7) is 0. The Morgan fingerprint density at radius 2 is 1.14 bits per heavy atom. The Labute approximate surface area is 129 Å². The van der Waals surface area contributed by atoms with E-state index in [1.807, 2.05) is 24.3 Å². The molecule has 0 atom stereocenters. The second kappa shape index (κ2) is 6.21. The van der Waals surface area contributed by atoms with E-state index < -0.39 is 19.0 Å². The fourth-order valence-electron chi connectivity index (χ4n) is 2.52. The summed E-state index contributed by atoms with van der Waals surface area (Å²) in [4.78, 5) is 24.4. The zero-order valence-corrected chi connectivity index (χ0v) is 14.0. The molecule has 5 heteroatoms. The minimum atomic E-state index is -3.33. The van der Waals surface area contributed by atoms with Crippen molar-refractivity contribution in [2.24, 2.45) is 11.8 Å². The number of hydrogen-bond donors (Lipinski definition) is 0. The maximum absolute atomic E-state index is 12.2. The van der Waals surface area contributed by atoms with E-state index in [9.17, 15) is 9.59 Å². The van der Waals surface area contributed by atoms with Gasteiger partial charge in [0, 0.05) is 0 Å². The fraction of sp³-hybridized carbons (Fsp3) is 0.375. The Bertz CT molecular complexity index is 485. The second-order valence-corrected chi connectivity index (χ2v) is 12.8. The summed E-state index contributed by atoms with van der Waals surface area (Å²) in [6, 6.07) is 0. The average molecular weight is 402 g/mol. The predicted octanol–water partition coefficient (Wildman–Crippen LogP) is 2.79. The van der Waals surface area contributed by atoms with Crippen LogP contribution in [-0.2, 0) is 15.8 Å². The molecule has 1 saturated heterocycles. The van der Waals surface area contributed by atoms with Crippen LogP contribution in [0.4, 0.5) is 0 Å². The van der Waals surface area contributed by atoms with Crippen LogP contribution < -0.4 is 0 Å². The molecule has 1 aliphatic heterocycles. The Balaban J connectivity index is 1.67. The van der Waals surface area contributed by atoms with Crippen molar-refractivity contribution < 1.29 is 15.8 Å². The zero-order chi connectivity index (χ0) is 14.7. The first-order chi connectivity index (χ1) is 10.2. The molecule has 1 heterocycles. The molecule has 0 aromatic heterocycles. The van der Waals surface area contributed by atoms with E-state index in [-0.39, 0.29) is 23.8 Å². The molecule has 0 amide bonds. The van der Waals surface area contributed by atoms with E-state index in [0.717, 1.165) is 21.8 Å². The number of carbonyl (C=O) groups is 2. The van der Waals surface area contributed by atoms with Crippen LogP contribution in [0.25, 0.3) is 0 Å². The van der Waals surface area contributed by atoms with E-state index in [0.29, 0.717) is 0 Å². The number of hydrogen-bond acceptors (Lipinski definition) is 4. The molecule has 0 N–H and O–H groups in total. The standard InChI is InChI=1S/C16H18O4Te/c17-15(13-7-1-2-8-13)19-21(11-5-6-12-21)20-16(18)14-9-3-4-10-14/h1-4,7-10,13-14H,5-6,11-12H2. The van der Waals surface area contributed by atoms with Gasteiger partial charge in [0.1, 0.15) is 0 Å². The van der Waals surface area contributed by atoms with Crippen LogP contribution >= 0.6 is 0 Å². The van der Waals surface area contributed by atoms with Crippen molar-refractivity contribution in [3.05, 3.63) is 48.6 Å². The maximum atomic E-state index is 12.2. The molecule has 0 saturated carbocycles. The van der Waals surface area contributed by atoms with Crippen LogP contribution in [0.1, 0.15) is 12.8 Å². The van der Waals surface area contributed by atoms with Gasteiger partial charge < -0.3 is 0 Å². The van der Waals surface area contributed by atoms with Gasteiger partial charge in [0.25, 0.3) is 0 Å². The second-order valence-electron chi connectivity index (χ2n) is 5.25. The number of allylic oxidation sites excluding steroid dienone is 4. The molecule has 0 unspecified atom stereocenters. The molecule has 1 fully saturated rings. The van der Waals surface area contributed by atoms with Crippen LogP contribution in [0.5, 0.6) is 0 Å². The topological polar surface area (TPSA) is 52.6 Å². The first kappa shape index (κ1) is 14.6. The van der Waals surface area contributed by atoms with Crippen molar-refractivity contribution in [3.63, 3.8) is 0 Å². The van der Waals surface area contributed by atoms with Gasteiger partial charge in [0.15, 0.2) is 0 Å². The molecular formula is C16H18O4Te. The van der Waals surface area contributed by atoms with E-state index in [1.54, 1.807) is 24.3 Å². The molecule has 112 valence electrons. The zero-order valence-electron chi connectivity index (χ0n) is 11.6. The van der Waals surface area contributed by atoms with Gasteiger partial charge in [-0.05, 0) is 0 Å². The van der Waals surface area contributed by atoms with Crippen molar-refractivity contribution in [1.29, 1.82) is 0 Å².